The molecule has 0 spiro atoms. The minimum absolute atomic E-state index is 0.177. The Labute approximate surface area is 177 Å². The number of rotatable bonds is 5. The summed E-state index contributed by atoms with van der Waals surface area (Å²) in [5.74, 6) is 0.461. The highest BCUT2D eigenvalue weighted by Gasteiger charge is 2.21. The van der Waals surface area contributed by atoms with Crippen LogP contribution in [0.5, 0.6) is 0 Å². The van der Waals surface area contributed by atoms with Crippen LogP contribution in [0.2, 0.25) is 5.28 Å². The maximum atomic E-state index is 12.5. The summed E-state index contributed by atoms with van der Waals surface area (Å²) in [5.41, 5.74) is 1.49. The van der Waals surface area contributed by atoms with E-state index in [2.05, 4.69) is 14.9 Å². The second-order valence-corrected chi connectivity index (χ2v) is 10.3. The van der Waals surface area contributed by atoms with Crippen molar-refractivity contribution in [1.82, 2.24) is 9.97 Å². The number of aliphatic hydroxyl groups is 1. The highest BCUT2D eigenvalue weighted by Crippen LogP contribution is 2.38. The zero-order chi connectivity index (χ0) is 20.6. The molecule has 1 saturated heterocycles. The van der Waals surface area contributed by atoms with Gasteiger partial charge in [0.05, 0.1) is 40.2 Å². The van der Waals surface area contributed by atoms with Gasteiger partial charge in [-0.2, -0.15) is 4.98 Å². The van der Waals surface area contributed by atoms with E-state index < -0.39 is 15.9 Å². The number of ether oxygens (including phenoxy) is 1. The monoisotopic (exact) mass is 453 g/mol. The van der Waals surface area contributed by atoms with Gasteiger partial charge in [-0.25, -0.2) is 13.4 Å². The summed E-state index contributed by atoms with van der Waals surface area (Å²) in [6, 6.07) is 8.64. The molecular weight excluding hydrogens is 434 g/mol. The average Bonchev–Trinajstić information content (AvgIpc) is 3.11. The zero-order valence-corrected chi connectivity index (χ0v) is 18.1. The van der Waals surface area contributed by atoms with Gasteiger partial charge < -0.3 is 14.7 Å². The number of morpholine rings is 1. The Bertz CT molecular complexity index is 1140. The second kappa shape index (κ2) is 8.16. The van der Waals surface area contributed by atoms with Crippen molar-refractivity contribution in [2.24, 2.45) is 0 Å². The van der Waals surface area contributed by atoms with E-state index in [1.54, 1.807) is 18.2 Å². The Kier molecular flexibility index (Phi) is 5.76. The minimum Gasteiger partial charge on any atom is -0.392 e. The molecule has 7 nitrogen and oxygen atoms in total. The second-order valence-electron chi connectivity index (χ2n) is 6.90. The predicted molar refractivity (Wildman–Crippen MR) is 115 cm³/mol. The third-order valence-electron chi connectivity index (χ3n) is 4.58. The van der Waals surface area contributed by atoms with Gasteiger partial charge in [-0.3, -0.25) is 0 Å². The van der Waals surface area contributed by atoms with Gasteiger partial charge in [-0.1, -0.05) is 12.1 Å². The molecule has 3 heterocycles. The quantitative estimate of drug-likeness (QED) is 0.593. The molecule has 29 heavy (non-hydrogen) atoms. The van der Waals surface area contributed by atoms with E-state index in [9.17, 15) is 13.5 Å². The molecule has 0 amide bonds. The fourth-order valence-electron chi connectivity index (χ4n) is 3.28. The molecule has 10 heteroatoms. The molecule has 3 aromatic rings. The molecule has 154 valence electrons. The Morgan fingerprint density at radius 3 is 2.76 bits per heavy atom. The van der Waals surface area contributed by atoms with Crippen LogP contribution >= 0.6 is 22.9 Å². The van der Waals surface area contributed by atoms with Crippen LogP contribution in [-0.2, 0) is 14.6 Å². The third-order valence-corrected chi connectivity index (χ3v) is 7.81. The average molecular weight is 454 g/mol. The summed E-state index contributed by atoms with van der Waals surface area (Å²) in [5, 5.41) is 9.67. The van der Waals surface area contributed by atoms with E-state index in [0.717, 1.165) is 39.6 Å². The lowest BCUT2D eigenvalue weighted by atomic mass is 10.2. The van der Waals surface area contributed by atoms with Crippen molar-refractivity contribution in [3.8, 4) is 10.4 Å². The molecule has 0 saturated carbocycles. The molecular formula is C19H20ClN3O4S2. The molecule has 1 fully saturated rings. The van der Waals surface area contributed by atoms with Crippen molar-refractivity contribution in [3.05, 3.63) is 35.6 Å². The van der Waals surface area contributed by atoms with Gasteiger partial charge in [-0.05, 0) is 42.3 Å². The van der Waals surface area contributed by atoms with Crippen molar-refractivity contribution < 1.29 is 18.3 Å². The number of anilines is 1. The normalized spacial score (nSPS) is 16.3. The molecule has 1 N–H and O–H groups in total. The Morgan fingerprint density at radius 2 is 2.03 bits per heavy atom. The zero-order valence-electron chi connectivity index (χ0n) is 15.7. The topological polar surface area (TPSA) is 92.6 Å². The van der Waals surface area contributed by atoms with Crippen LogP contribution in [0.4, 0.5) is 5.82 Å². The van der Waals surface area contributed by atoms with E-state index in [1.165, 1.54) is 18.3 Å². The first kappa shape index (κ1) is 20.5. The maximum absolute atomic E-state index is 12.5. The van der Waals surface area contributed by atoms with Gasteiger partial charge in [0.15, 0.2) is 15.7 Å². The lowest BCUT2D eigenvalue weighted by molar-refractivity contribution is 0.122. The van der Waals surface area contributed by atoms with Crippen molar-refractivity contribution in [2.75, 3.05) is 37.0 Å². The Morgan fingerprint density at radius 1 is 1.28 bits per heavy atom. The van der Waals surface area contributed by atoms with Gasteiger partial charge in [0, 0.05) is 18.0 Å². The first-order valence-corrected chi connectivity index (χ1v) is 12.0. The molecule has 1 aromatic carbocycles. The number of thiophene rings is 1. The number of hydrogen-bond acceptors (Lipinski definition) is 8. The molecule has 1 atom stereocenters. The van der Waals surface area contributed by atoms with Crippen LogP contribution < -0.4 is 4.90 Å². The first-order chi connectivity index (χ1) is 13.8. The summed E-state index contributed by atoms with van der Waals surface area (Å²) in [6.07, 6.45) is -0.929. The van der Waals surface area contributed by atoms with E-state index in [1.807, 2.05) is 12.1 Å². The largest absolute Gasteiger partial charge is 0.392 e. The maximum Gasteiger partial charge on any atom is 0.224 e. The van der Waals surface area contributed by atoms with Gasteiger partial charge in [0.2, 0.25) is 5.28 Å². The van der Waals surface area contributed by atoms with E-state index in [-0.39, 0.29) is 15.9 Å². The molecule has 4 rings (SSSR count). The smallest absolute Gasteiger partial charge is 0.224 e. The number of aliphatic hydroxyl groups excluding tert-OH is 1. The summed E-state index contributed by atoms with van der Waals surface area (Å²) in [6.45, 7) is 4.17. The van der Waals surface area contributed by atoms with Crippen LogP contribution in [0, 0.1) is 0 Å². The standard InChI is InChI=1S/C19H20ClN3O4S2/c1-12(24)11-29(25,26)14-4-2-3-13(9-14)16-10-15-17(28-16)18(22-19(20)21-15)23-5-7-27-8-6-23/h2-4,9-10,12,24H,5-8,11H2,1H3/t12-/m1/s1. The lowest BCUT2D eigenvalue weighted by Gasteiger charge is -2.28. The molecule has 0 unspecified atom stereocenters. The Hall–Kier alpha value is -1.78. The lowest BCUT2D eigenvalue weighted by Crippen LogP contribution is -2.36. The predicted octanol–water partition coefficient (Wildman–Crippen LogP) is 3.00. The van der Waals surface area contributed by atoms with Crippen LogP contribution in [0.3, 0.4) is 0 Å². The van der Waals surface area contributed by atoms with E-state index in [0.29, 0.717) is 13.2 Å². The fraction of sp³-hybridized carbons (Fsp3) is 0.368. The number of halogens is 1. The van der Waals surface area contributed by atoms with Crippen molar-refractivity contribution in [2.45, 2.75) is 17.9 Å². The van der Waals surface area contributed by atoms with Gasteiger partial charge in [0.25, 0.3) is 0 Å². The van der Waals surface area contributed by atoms with Crippen molar-refractivity contribution >= 4 is 48.8 Å². The van der Waals surface area contributed by atoms with Crippen LogP contribution in [-0.4, -0.2) is 61.7 Å². The van der Waals surface area contributed by atoms with Gasteiger partial charge in [0.1, 0.15) is 0 Å². The SMILES string of the molecule is C[C@@H](O)CS(=O)(=O)c1cccc(-c2cc3nc(Cl)nc(N4CCOCC4)c3s2)c1. The Balaban J connectivity index is 1.76. The van der Waals surface area contributed by atoms with Gasteiger partial charge in [-0.15, -0.1) is 11.3 Å². The number of fused-ring (bicyclic) bond motifs is 1. The number of benzene rings is 1. The molecule has 1 aliphatic heterocycles. The number of hydrogen-bond donors (Lipinski definition) is 1. The highest BCUT2D eigenvalue weighted by molar-refractivity contribution is 7.91. The molecule has 0 bridgehead atoms. The summed E-state index contributed by atoms with van der Waals surface area (Å²) in [4.78, 5) is 12.0. The third kappa shape index (κ3) is 4.39. The number of sulfone groups is 1. The summed E-state index contributed by atoms with van der Waals surface area (Å²) < 4.78 is 31.3. The van der Waals surface area contributed by atoms with Crippen LogP contribution in [0.15, 0.2) is 35.2 Å². The van der Waals surface area contributed by atoms with Crippen molar-refractivity contribution in [3.63, 3.8) is 0 Å². The van der Waals surface area contributed by atoms with E-state index in [4.69, 9.17) is 16.3 Å². The molecule has 1 aliphatic rings. The minimum atomic E-state index is -3.57. The molecule has 2 aromatic heterocycles. The van der Waals surface area contributed by atoms with Crippen LogP contribution in [0.25, 0.3) is 20.7 Å². The molecule has 0 aliphatic carbocycles. The summed E-state index contributed by atoms with van der Waals surface area (Å²) >= 11 is 7.66. The highest BCUT2D eigenvalue weighted by atomic mass is 35.5. The summed E-state index contributed by atoms with van der Waals surface area (Å²) in [7, 11) is -3.57. The van der Waals surface area contributed by atoms with Gasteiger partial charge >= 0.3 is 0 Å². The number of nitrogens with zero attached hydrogens (tertiary/aromatic N) is 3. The fourth-order valence-corrected chi connectivity index (χ4v) is 5.98. The first-order valence-electron chi connectivity index (χ1n) is 9.14. The number of aromatic nitrogens is 2. The van der Waals surface area contributed by atoms with E-state index >= 15 is 0 Å². The van der Waals surface area contributed by atoms with Crippen molar-refractivity contribution in [1.29, 1.82) is 0 Å². The van der Waals surface area contributed by atoms with Crippen LogP contribution in [0.1, 0.15) is 6.92 Å². The molecule has 0 radical (unpaired) electrons.